The molecule has 184 valence electrons. The van der Waals surface area contributed by atoms with E-state index in [1.165, 1.54) is 36.2 Å². The highest BCUT2D eigenvalue weighted by atomic mass is 35.5. The second-order valence-corrected chi connectivity index (χ2v) is 10.5. The lowest BCUT2D eigenvalue weighted by Gasteiger charge is -2.31. The SMILES string of the molecule is CNC(=O)C(C)N(Cc1ccc(Cl)cc1)C(=O)CN(c1ccccc1)S(=O)(=O)c1ccc(Cl)cc1. The number of amides is 2. The van der Waals surface area contributed by atoms with Crippen molar-refractivity contribution in [3.05, 3.63) is 94.5 Å². The van der Waals surface area contributed by atoms with Crippen molar-refractivity contribution in [2.45, 2.75) is 24.4 Å². The molecule has 1 N–H and O–H groups in total. The van der Waals surface area contributed by atoms with Crippen molar-refractivity contribution in [2.75, 3.05) is 17.9 Å². The molecule has 35 heavy (non-hydrogen) atoms. The predicted molar refractivity (Wildman–Crippen MR) is 138 cm³/mol. The number of nitrogens with zero attached hydrogens (tertiary/aromatic N) is 2. The zero-order chi connectivity index (χ0) is 25.6. The third-order valence-corrected chi connectivity index (χ3v) is 7.70. The Labute approximate surface area is 215 Å². The summed E-state index contributed by atoms with van der Waals surface area (Å²) in [6, 6.07) is 20.1. The quantitative estimate of drug-likeness (QED) is 0.442. The minimum absolute atomic E-state index is 0.0119. The van der Waals surface area contributed by atoms with Crippen LogP contribution in [0, 0.1) is 0 Å². The van der Waals surface area contributed by atoms with Crippen LogP contribution in [0.1, 0.15) is 12.5 Å². The summed E-state index contributed by atoms with van der Waals surface area (Å²) in [5, 5.41) is 3.47. The van der Waals surface area contributed by atoms with Crippen LogP contribution in [0.15, 0.2) is 83.8 Å². The molecule has 0 aliphatic rings. The molecule has 0 saturated carbocycles. The number of para-hydroxylation sites is 1. The van der Waals surface area contributed by atoms with Gasteiger partial charge in [-0.15, -0.1) is 0 Å². The fraction of sp³-hybridized carbons (Fsp3) is 0.200. The van der Waals surface area contributed by atoms with E-state index >= 15 is 0 Å². The summed E-state index contributed by atoms with van der Waals surface area (Å²) in [7, 11) is -2.64. The number of halogens is 2. The average molecular weight is 534 g/mol. The normalized spacial score (nSPS) is 12.0. The van der Waals surface area contributed by atoms with E-state index in [-0.39, 0.29) is 17.3 Å². The lowest BCUT2D eigenvalue weighted by molar-refractivity contribution is -0.139. The van der Waals surface area contributed by atoms with Crippen molar-refractivity contribution in [1.82, 2.24) is 10.2 Å². The van der Waals surface area contributed by atoms with Crippen molar-refractivity contribution in [2.24, 2.45) is 0 Å². The second kappa shape index (κ2) is 11.6. The first kappa shape index (κ1) is 26.5. The summed E-state index contributed by atoms with van der Waals surface area (Å²) in [6.45, 7) is 1.17. The summed E-state index contributed by atoms with van der Waals surface area (Å²) < 4.78 is 28.2. The molecule has 0 aromatic heterocycles. The van der Waals surface area contributed by atoms with Crippen LogP contribution in [0.25, 0.3) is 0 Å². The van der Waals surface area contributed by atoms with Crippen molar-refractivity contribution < 1.29 is 18.0 Å². The molecule has 3 aromatic rings. The van der Waals surface area contributed by atoms with Gasteiger partial charge in [0.2, 0.25) is 11.8 Å². The fourth-order valence-electron chi connectivity index (χ4n) is 3.43. The largest absolute Gasteiger partial charge is 0.357 e. The maximum Gasteiger partial charge on any atom is 0.264 e. The first-order valence-electron chi connectivity index (χ1n) is 10.7. The lowest BCUT2D eigenvalue weighted by atomic mass is 10.1. The van der Waals surface area contributed by atoms with Gasteiger partial charge < -0.3 is 10.2 Å². The Hall–Kier alpha value is -3.07. The van der Waals surface area contributed by atoms with E-state index in [0.717, 1.165) is 9.87 Å². The Kier molecular flexibility index (Phi) is 8.77. The molecule has 0 aliphatic carbocycles. The van der Waals surface area contributed by atoms with Gasteiger partial charge in [-0.2, -0.15) is 0 Å². The molecule has 0 bridgehead atoms. The first-order chi connectivity index (χ1) is 16.6. The fourth-order valence-corrected chi connectivity index (χ4v) is 5.10. The molecule has 3 aromatic carbocycles. The molecule has 2 amide bonds. The summed E-state index contributed by atoms with van der Waals surface area (Å²) >= 11 is 11.9. The number of rotatable bonds is 9. The minimum Gasteiger partial charge on any atom is -0.357 e. The Balaban J connectivity index is 1.99. The second-order valence-electron chi connectivity index (χ2n) is 7.74. The minimum atomic E-state index is -4.12. The summed E-state index contributed by atoms with van der Waals surface area (Å²) in [5.41, 5.74) is 1.06. The maximum absolute atomic E-state index is 13.6. The van der Waals surface area contributed by atoms with Gasteiger partial charge in [0.25, 0.3) is 10.0 Å². The van der Waals surface area contributed by atoms with E-state index in [4.69, 9.17) is 23.2 Å². The molecule has 0 heterocycles. The van der Waals surface area contributed by atoms with Crippen LogP contribution in [0.5, 0.6) is 0 Å². The van der Waals surface area contributed by atoms with Gasteiger partial charge in [-0.1, -0.05) is 53.5 Å². The molecule has 1 atom stereocenters. The van der Waals surface area contributed by atoms with Crippen LogP contribution >= 0.6 is 23.2 Å². The van der Waals surface area contributed by atoms with Crippen molar-refractivity contribution >= 4 is 50.7 Å². The van der Waals surface area contributed by atoms with Gasteiger partial charge in [0.1, 0.15) is 12.6 Å². The molecule has 0 radical (unpaired) electrons. The van der Waals surface area contributed by atoms with Crippen LogP contribution in [-0.4, -0.2) is 44.8 Å². The van der Waals surface area contributed by atoms with Crippen molar-refractivity contribution in [3.8, 4) is 0 Å². The maximum atomic E-state index is 13.6. The van der Waals surface area contributed by atoms with Gasteiger partial charge in [-0.3, -0.25) is 13.9 Å². The van der Waals surface area contributed by atoms with Gasteiger partial charge in [0, 0.05) is 23.6 Å². The number of benzene rings is 3. The van der Waals surface area contributed by atoms with E-state index in [1.807, 2.05) is 0 Å². The predicted octanol–water partition coefficient (Wildman–Crippen LogP) is 4.35. The van der Waals surface area contributed by atoms with Crippen LogP contribution in [0.4, 0.5) is 5.69 Å². The molecule has 0 spiro atoms. The van der Waals surface area contributed by atoms with Gasteiger partial charge in [0.15, 0.2) is 0 Å². The molecule has 3 rings (SSSR count). The Morgan fingerprint density at radius 2 is 1.43 bits per heavy atom. The molecular formula is C25H25Cl2N3O4S. The smallest absolute Gasteiger partial charge is 0.264 e. The van der Waals surface area contributed by atoms with Crippen molar-refractivity contribution in [3.63, 3.8) is 0 Å². The first-order valence-corrected chi connectivity index (χ1v) is 12.9. The molecule has 7 nitrogen and oxygen atoms in total. The molecular weight excluding hydrogens is 509 g/mol. The third-order valence-electron chi connectivity index (χ3n) is 5.40. The highest BCUT2D eigenvalue weighted by Crippen LogP contribution is 2.25. The van der Waals surface area contributed by atoms with E-state index in [1.54, 1.807) is 61.5 Å². The number of carbonyl (C=O) groups excluding carboxylic acids is 2. The van der Waals surface area contributed by atoms with Crippen LogP contribution in [0.2, 0.25) is 10.0 Å². The van der Waals surface area contributed by atoms with E-state index in [0.29, 0.717) is 15.7 Å². The Morgan fingerprint density at radius 3 is 1.97 bits per heavy atom. The number of likely N-dealkylation sites (N-methyl/N-ethyl adjacent to an activating group) is 1. The standard InChI is InChI=1S/C25H25Cl2N3O4S/c1-18(25(32)28-2)29(16-19-8-10-20(26)11-9-19)24(31)17-30(22-6-4-3-5-7-22)35(33,34)23-14-12-21(27)13-15-23/h3-15,18H,16-17H2,1-2H3,(H,28,32). The highest BCUT2D eigenvalue weighted by molar-refractivity contribution is 7.92. The monoisotopic (exact) mass is 533 g/mol. The molecule has 1 unspecified atom stereocenters. The van der Waals surface area contributed by atoms with E-state index in [9.17, 15) is 18.0 Å². The van der Waals surface area contributed by atoms with Crippen LogP contribution < -0.4 is 9.62 Å². The summed E-state index contributed by atoms with van der Waals surface area (Å²) in [6.07, 6.45) is 0. The number of hydrogen-bond donors (Lipinski definition) is 1. The zero-order valence-electron chi connectivity index (χ0n) is 19.2. The zero-order valence-corrected chi connectivity index (χ0v) is 21.5. The summed E-state index contributed by atoms with van der Waals surface area (Å²) in [4.78, 5) is 27.4. The summed E-state index contributed by atoms with van der Waals surface area (Å²) in [5.74, 6) is -0.920. The molecule has 0 saturated heterocycles. The number of carbonyl (C=O) groups is 2. The number of sulfonamides is 1. The van der Waals surface area contributed by atoms with E-state index < -0.39 is 28.5 Å². The number of hydrogen-bond acceptors (Lipinski definition) is 4. The average Bonchev–Trinajstić information content (AvgIpc) is 2.86. The highest BCUT2D eigenvalue weighted by Gasteiger charge is 2.32. The number of anilines is 1. The molecule has 0 fully saturated rings. The van der Waals surface area contributed by atoms with Gasteiger partial charge >= 0.3 is 0 Å². The van der Waals surface area contributed by atoms with E-state index in [2.05, 4.69) is 5.32 Å². The Bertz CT molecular complexity index is 1270. The Morgan fingerprint density at radius 1 is 0.886 bits per heavy atom. The lowest BCUT2D eigenvalue weighted by Crippen LogP contribution is -2.50. The van der Waals surface area contributed by atoms with Gasteiger partial charge in [-0.25, -0.2) is 8.42 Å². The topological polar surface area (TPSA) is 86.8 Å². The molecule has 10 heteroatoms. The number of nitrogens with one attached hydrogen (secondary N) is 1. The third kappa shape index (κ3) is 6.54. The van der Waals surface area contributed by atoms with Gasteiger partial charge in [-0.05, 0) is 61.0 Å². The molecule has 0 aliphatic heterocycles. The van der Waals surface area contributed by atoms with Crippen LogP contribution in [0.3, 0.4) is 0 Å². The van der Waals surface area contributed by atoms with Crippen LogP contribution in [-0.2, 0) is 26.2 Å². The van der Waals surface area contributed by atoms with Crippen molar-refractivity contribution in [1.29, 1.82) is 0 Å². The van der Waals surface area contributed by atoms with Gasteiger partial charge in [0.05, 0.1) is 10.6 Å².